The number of aryl methyl sites for hydroxylation is 1. The number of ether oxygens (including phenoxy) is 1. The van der Waals surface area contributed by atoms with Gasteiger partial charge in [-0.2, -0.15) is 18.3 Å². The number of alkyl halides is 4. The second-order valence-corrected chi connectivity index (χ2v) is 7.18. The number of benzene rings is 1. The Morgan fingerprint density at radius 2 is 1.93 bits per heavy atom. The first-order valence-electron chi connectivity index (χ1n) is 8.61. The van der Waals surface area contributed by atoms with Crippen LogP contribution in [0.2, 0.25) is 5.02 Å². The summed E-state index contributed by atoms with van der Waals surface area (Å²) in [5, 5.41) is 4.10. The van der Waals surface area contributed by atoms with Gasteiger partial charge in [0, 0.05) is 18.1 Å². The molecule has 29 heavy (non-hydrogen) atoms. The van der Waals surface area contributed by atoms with Crippen molar-refractivity contribution in [1.29, 1.82) is 0 Å². The quantitative estimate of drug-likeness (QED) is 0.508. The third-order valence-electron chi connectivity index (χ3n) is 4.33. The highest BCUT2D eigenvalue weighted by Gasteiger charge is 2.31. The third kappa shape index (κ3) is 5.22. The van der Waals surface area contributed by atoms with Crippen LogP contribution >= 0.6 is 23.2 Å². The van der Waals surface area contributed by atoms with Gasteiger partial charge in [-0.05, 0) is 36.2 Å². The van der Waals surface area contributed by atoms with Gasteiger partial charge in [0.2, 0.25) is 0 Å². The first-order chi connectivity index (χ1) is 13.7. The number of fused-ring (bicyclic) bond motifs is 1. The fourth-order valence-electron chi connectivity index (χ4n) is 2.96. The van der Waals surface area contributed by atoms with E-state index in [-0.39, 0.29) is 41.1 Å². The Hall–Kier alpha value is -2.26. The van der Waals surface area contributed by atoms with Gasteiger partial charge < -0.3 is 9.64 Å². The van der Waals surface area contributed by atoms with Crippen molar-refractivity contribution in [3.8, 4) is 0 Å². The summed E-state index contributed by atoms with van der Waals surface area (Å²) in [7, 11) is 0. The summed E-state index contributed by atoms with van der Waals surface area (Å²) < 4.78 is 45.5. The minimum absolute atomic E-state index is 0.0963. The summed E-state index contributed by atoms with van der Waals surface area (Å²) in [6.45, 7) is 0.696. The van der Waals surface area contributed by atoms with Crippen LogP contribution < -0.4 is 0 Å². The fourth-order valence-corrected chi connectivity index (χ4v) is 3.35. The molecule has 0 saturated heterocycles. The second-order valence-electron chi connectivity index (χ2n) is 6.48. The van der Waals surface area contributed by atoms with Crippen molar-refractivity contribution in [2.24, 2.45) is 0 Å². The SMILES string of the molecule is O=C(CCl)c1cc2n(n1)CCCN(C(=O)OCc1cc(Cl)cc(C(F)(F)F)c1)C2. The summed E-state index contributed by atoms with van der Waals surface area (Å²) in [5.41, 5.74) is 0.0955. The maximum Gasteiger partial charge on any atom is 0.416 e. The zero-order valence-electron chi connectivity index (χ0n) is 15.0. The van der Waals surface area contributed by atoms with Gasteiger partial charge in [-0.15, -0.1) is 11.6 Å². The molecule has 0 N–H and O–H groups in total. The van der Waals surface area contributed by atoms with Crippen molar-refractivity contribution in [2.45, 2.75) is 32.3 Å². The molecule has 11 heteroatoms. The van der Waals surface area contributed by atoms with E-state index in [2.05, 4.69) is 5.10 Å². The topological polar surface area (TPSA) is 64.4 Å². The van der Waals surface area contributed by atoms with Gasteiger partial charge in [-0.1, -0.05) is 11.6 Å². The number of amides is 1. The number of carbonyl (C=O) groups excluding carboxylic acids is 2. The van der Waals surface area contributed by atoms with E-state index >= 15 is 0 Å². The van der Waals surface area contributed by atoms with Gasteiger partial charge in [-0.3, -0.25) is 9.48 Å². The van der Waals surface area contributed by atoms with Gasteiger partial charge >= 0.3 is 12.3 Å². The predicted octanol–water partition coefficient (Wildman–Crippen LogP) is 4.52. The minimum Gasteiger partial charge on any atom is -0.445 e. The number of hydrogen-bond donors (Lipinski definition) is 0. The first-order valence-corrected chi connectivity index (χ1v) is 9.53. The molecule has 0 unspecified atom stereocenters. The monoisotopic (exact) mass is 449 g/mol. The summed E-state index contributed by atoms with van der Waals surface area (Å²) in [6.07, 6.45) is -4.66. The van der Waals surface area contributed by atoms with Crippen molar-refractivity contribution in [3.05, 3.63) is 51.8 Å². The molecule has 1 aliphatic rings. The van der Waals surface area contributed by atoms with Crippen molar-refractivity contribution < 1.29 is 27.5 Å². The summed E-state index contributed by atoms with van der Waals surface area (Å²) in [4.78, 5) is 25.5. The molecule has 1 amide bonds. The maximum atomic E-state index is 12.9. The molecule has 0 saturated carbocycles. The van der Waals surface area contributed by atoms with E-state index in [4.69, 9.17) is 27.9 Å². The number of ketones is 1. The molecular weight excluding hydrogens is 434 g/mol. The minimum atomic E-state index is -4.55. The highest BCUT2D eigenvalue weighted by atomic mass is 35.5. The van der Waals surface area contributed by atoms with E-state index in [1.807, 2.05) is 0 Å². The van der Waals surface area contributed by atoms with Gasteiger partial charge in [0.15, 0.2) is 5.78 Å². The Morgan fingerprint density at radius 1 is 1.17 bits per heavy atom. The van der Waals surface area contributed by atoms with Crippen LogP contribution in [-0.2, 0) is 30.6 Å². The van der Waals surface area contributed by atoms with Crippen LogP contribution in [0, 0.1) is 0 Å². The Morgan fingerprint density at radius 3 is 2.62 bits per heavy atom. The maximum absolute atomic E-state index is 12.9. The van der Waals surface area contributed by atoms with E-state index in [1.165, 1.54) is 11.0 Å². The van der Waals surface area contributed by atoms with E-state index in [9.17, 15) is 22.8 Å². The number of aromatic nitrogens is 2. The van der Waals surface area contributed by atoms with Gasteiger partial charge in [0.05, 0.1) is 23.7 Å². The second kappa shape index (κ2) is 8.62. The van der Waals surface area contributed by atoms with Crippen molar-refractivity contribution in [2.75, 3.05) is 12.4 Å². The first kappa shape index (κ1) is 21.4. The normalized spacial score (nSPS) is 14.3. The zero-order valence-corrected chi connectivity index (χ0v) is 16.5. The van der Waals surface area contributed by atoms with Crippen LogP contribution in [0.4, 0.5) is 18.0 Å². The zero-order chi connectivity index (χ0) is 21.2. The summed E-state index contributed by atoms with van der Waals surface area (Å²) in [6, 6.07) is 4.58. The van der Waals surface area contributed by atoms with Gasteiger partial charge in [-0.25, -0.2) is 4.79 Å². The van der Waals surface area contributed by atoms with Crippen molar-refractivity contribution >= 4 is 35.1 Å². The van der Waals surface area contributed by atoms with Crippen LogP contribution in [0.15, 0.2) is 24.3 Å². The van der Waals surface area contributed by atoms with E-state index in [1.54, 1.807) is 10.7 Å². The molecule has 0 spiro atoms. The van der Waals surface area contributed by atoms with Gasteiger partial charge in [0.1, 0.15) is 12.3 Å². The van der Waals surface area contributed by atoms with Crippen molar-refractivity contribution in [3.63, 3.8) is 0 Å². The standard InChI is InChI=1S/C18H16Cl2F3N3O3/c19-8-16(27)15-7-14-9-25(2-1-3-26(14)24-15)17(28)29-10-11-4-12(18(21,22)23)6-13(20)5-11/h4-7H,1-3,8-10H2. The lowest BCUT2D eigenvalue weighted by atomic mass is 10.1. The smallest absolute Gasteiger partial charge is 0.416 e. The highest BCUT2D eigenvalue weighted by molar-refractivity contribution is 6.30. The molecular formula is C18H16Cl2F3N3O3. The summed E-state index contributed by atoms with van der Waals surface area (Å²) >= 11 is 11.3. The Kier molecular flexibility index (Phi) is 6.38. The molecule has 0 fully saturated rings. The molecule has 0 aliphatic carbocycles. The van der Waals surface area contributed by atoms with E-state index in [0.29, 0.717) is 25.2 Å². The van der Waals surface area contributed by atoms with Gasteiger partial charge in [0.25, 0.3) is 0 Å². The fraction of sp³-hybridized carbons (Fsp3) is 0.389. The van der Waals surface area contributed by atoms with Crippen LogP contribution in [0.3, 0.4) is 0 Å². The average molecular weight is 450 g/mol. The number of halogens is 5. The van der Waals surface area contributed by atoms with E-state index < -0.39 is 17.8 Å². The van der Waals surface area contributed by atoms with Crippen LogP contribution in [0.5, 0.6) is 0 Å². The number of rotatable bonds is 4. The average Bonchev–Trinajstić information content (AvgIpc) is 2.96. The predicted molar refractivity (Wildman–Crippen MR) is 98.9 cm³/mol. The molecule has 3 rings (SSSR count). The molecule has 1 aliphatic heterocycles. The molecule has 2 aromatic rings. The largest absolute Gasteiger partial charge is 0.445 e. The molecule has 6 nitrogen and oxygen atoms in total. The Balaban J connectivity index is 1.68. The number of nitrogens with zero attached hydrogens (tertiary/aromatic N) is 3. The number of hydrogen-bond acceptors (Lipinski definition) is 4. The Bertz CT molecular complexity index is 931. The lowest BCUT2D eigenvalue weighted by Gasteiger charge is -2.19. The molecule has 0 bridgehead atoms. The highest BCUT2D eigenvalue weighted by Crippen LogP contribution is 2.32. The number of carbonyl (C=O) groups is 2. The molecule has 0 atom stereocenters. The Labute approximate surface area is 174 Å². The molecule has 0 radical (unpaired) electrons. The summed E-state index contributed by atoms with van der Waals surface area (Å²) in [5.74, 6) is -0.510. The molecule has 1 aromatic carbocycles. The van der Waals surface area contributed by atoms with E-state index in [0.717, 1.165) is 12.1 Å². The van der Waals surface area contributed by atoms with Crippen LogP contribution in [0.25, 0.3) is 0 Å². The lowest BCUT2D eigenvalue weighted by molar-refractivity contribution is -0.137. The molecule has 1 aromatic heterocycles. The van der Waals surface area contributed by atoms with Crippen LogP contribution in [0.1, 0.15) is 33.7 Å². The number of Topliss-reactive ketones (excluding diaryl/α,β-unsaturated/α-hetero) is 1. The van der Waals surface area contributed by atoms with Crippen LogP contribution in [-0.4, -0.2) is 39.0 Å². The lowest BCUT2D eigenvalue weighted by Crippen LogP contribution is -2.31. The third-order valence-corrected chi connectivity index (χ3v) is 4.79. The molecule has 156 valence electrons. The molecule has 2 heterocycles. The van der Waals surface area contributed by atoms with Crippen molar-refractivity contribution in [1.82, 2.24) is 14.7 Å².